The van der Waals surface area contributed by atoms with Crippen LogP contribution in [0.4, 0.5) is 10.1 Å². The number of ether oxygens (including phenoxy) is 2. The summed E-state index contributed by atoms with van der Waals surface area (Å²) < 4.78 is 24.4. The number of benzene rings is 1. The molecule has 0 aliphatic carbocycles. The molecule has 3 nitrogen and oxygen atoms in total. The molecule has 1 fully saturated rings. The Hall–Kier alpha value is -1.29. The van der Waals surface area contributed by atoms with E-state index in [1.54, 1.807) is 6.07 Å². The number of rotatable bonds is 2. The van der Waals surface area contributed by atoms with Gasteiger partial charge in [-0.2, -0.15) is 0 Å². The molecule has 0 radical (unpaired) electrons. The Bertz CT molecular complexity index is 376. The number of halogens is 1. The summed E-state index contributed by atoms with van der Waals surface area (Å²) in [5, 5.41) is 0. The highest BCUT2D eigenvalue weighted by molar-refractivity contribution is 5.50. The molecule has 16 heavy (non-hydrogen) atoms. The first-order chi connectivity index (χ1) is 7.66. The minimum absolute atomic E-state index is 0.0497. The van der Waals surface area contributed by atoms with Crippen molar-refractivity contribution >= 4 is 5.69 Å². The van der Waals surface area contributed by atoms with Crippen LogP contribution in [0.15, 0.2) is 12.1 Å². The third-order valence-electron chi connectivity index (χ3n) is 2.73. The van der Waals surface area contributed by atoms with Crippen LogP contribution in [0.3, 0.4) is 0 Å². The molecule has 4 heteroatoms. The fourth-order valence-electron chi connectivity index (χ4n) is 1.74. The van der Waals surface area contributed by atoms with Crippen molar-refractivity contribution in [3.63, 3.8) is 0 Å². The Morgan fingerprint density at radius 3 is 3.00 bits per heavy atom. The van der Waals surface area contributed by atoms with E-state index in [1.165, 1.54) is 6.07 Å². The number of aryl methyl sites for hydroxylation is 1. The minimum atomic E-state index is -0.409. The second kappa shape index (κ2) is 4.70. The molecule has 1 heterocycles. The average Bonchev–Trinajstić information content (AvgIpc) is 2.27. The summed E-state index contributed by atoms with van der Waals surface area (Å²) in [7, 11) is 0. The van der Waals surface area contributed by atoms with E-state index in [1.807, 2.05) is 6.92 Å². The topological polar surface area (TPSA) is 44.5 Å². The maximum absolute atomic E-state index is 13.5. The van der Waals surface area contributed by atoms with Gasteiger partial charge in [-0.15, -0.1) is 0 Å². The molecule has 1 saturated heterocycles. The summed E-state index contributed by atoms with van der Waals surface area (Å²) in [6.07, 6.45) is 1.81. The van der Waals surface area contributed by atoms with Crippen LogP contribution in [0.1, 0.15) is 18.4 Å². The highest BCUT2D eigenvalue weighted by Crippen LogP contribution is 2.25. The van der Waals surface area contributed by atoms with Gasteiger partial charge in [-0.05, 0) is 31.4 Å². The van der Waals surface area contributed by atoms with Gasteiger partial charge in [-0.1, -0.05) is 0 Å². The van der Waals surface area contributed by atoms with E-state index >= 15 is 0 Å². The van der Waals surface area contributed by atoms with Crippen molar-refractivity contribution in [1.29, 1.82) is 0 Å². The molecule has 1 aromatic rings. The third kappa shape index (κ3) is 2.44. The zero-order valence-corrected chi connectivity index (χ0v) is 9.33. The molecule has 0 amide bonds. The van der Waals surface area contributed by atoms with E-state index in [4.69, 9.17) is 15.2 Å². The molecule has 1 unspecified atom stereocenters. The molecule has 1 atom stereocenters. The summed E-state index contributed by atoms with van der Waals surface area (Å²) in [4.78, 5) is 0. The van der Waals surface area contributed by atoms with E-state index in [-0.39, 0.29) is 11.9 Å². The van der Waals surface area contributed by atoms with E-state index in [9.17, 15) is 4.39 Å². The summed E-state index contributed by atoms with van der Waals surface area (Å²) in [5.41, 5.74) is 6.88. The van der Waals surface area contributed by atoms with E-state index in [0.717, 1.165) is 25.0 Å². The molecule has 1 aliphatic rings. The standard InChI is InChI=1S/C12H16FNO2/c1-8-5-12(10(13)6-11(8)14)16-9-3-2-4-15-7-9/h5-6,9H,2-4,7,14H2,1H3. The normalized spacial score (nSPS) is 20.8. The number of hydrogen-bond donors (Lipinski definition) is 1. The van der Waals surface area contributed by atoms with Crippen molar-refractivity contribution in [2.45, 2.75) is 25.9 Å². The van der Waals surface area contributed by atoms with Crippen LogP contribution in [0, 0.1) is 12.7 Å². The Kier molecular flexibility index (Phi) is 3.29. The van der Waals surface area contributed by atoms with Crippen LogP contribution in [-0.4, -0.2) is 19.3 Å². The van der Waals surface area contributed by atoms with Crippen LogP contribution >= 0.6 is 0 Å². The van der Waals surface area contributed by atoms with Gasteiger partial charge in [0.2, 0.25) is 0 Å². The number of anilines is 1. The lowest BCUT2D eigenvalue weighted by Gasteiger charge is -2.23. The third-order valence-corrected chi connectivity index (χ3v) is 2.73. The molecule has 88 valence electrons. The van der Waals surface area contributed by atoms with Crippen molar-refractivity contribution in [3.05, 3.63) is 23.5 Å². The lowest BCUT2D eigenvalue weighted by Crippen LogP contribution is -2.28. The lowest BCUT2D eigenvalue weighted by molar-refractivity contribution is 0.00587. The first-order valence-electron chi connectivity index (χ1n) is 5.47. The zero-order chi connectivity index (χ0) is 11.5. The molecular weight excluding hydrogens is 209 g/mol. The van der Waals surface area contributed by atoms with Crippen molar-refractivity contribution < 1.29 is 13.9 Å². The highest BCUT2D eigenvalue weighted by atomic mass is 19.1. The maximum Gasteiger partial charge on any atom is 0.167 e. The van der Waals surface area contributed by atoms with E-state index in [2.05, 4.69) is 0 Å². The van der Waals surface area contributed by atoms with Gasteiger partial charge in [0.25, 0.3) is 0 Å². The van der Waals surface area contributed by atoms with Gasteiger partial charge in [0.1, 0.15) is 6.10 Å². The number of nitrogen functional groups attached to an aromatic ring is 1. The number of hydrogen-bond acceptors (Lipinski definition) is 3. The summed E-state index contributed by atoms with van der Waals surface area (Å²) in [6.45, 7) is 3.13. The van der Waals surface area contributed by atoms with Crippen molar-refractivity contribution in [2.24, 2.45) is 0 Å². The van der Waals surface area contributed by atoms with Crippen molar-refractivity contribution in [1.82, 2.24) is 0 Å². The van der Waals surface area contributed by atoms with Crippen molar-refractivity contribution in [3.8, 4) is 5.75 Å². The van der Waals surface area contributed by atoms with Crippen LogP contribution in [-0.2, 0) is 4.74 Å². The van der Waals surface area contributed by atoms with Gasteiger partial charge in [-0.25, -0.2) is 4.39 Å². The first kappa shape index (κ1) is 11.2. The highest BCUT2D eigenvalue weighted by Gasteiger charge is 2.17. The largest absolute Gasteiger partial charge is 0.485 e. The fraction of sp³-hybridized carbons (Fsp3) is 0.500. The minimum Gasteiger partial charge on any atom is -0.485 e. The predicted octanol–water partition coefficient (Wildman–Crippen LogP) is 2.27. The van der Waals surface area contributed by atoms with Crippen LogP contribution < -0.4 is 10.5 Å². The van der Waals surface area contributed by atoms with Crippen LogP contribution in [0.25, 0.3) is 0 Å². The van der Waals surface area contributed by atoms with E-state index in [0.29, 0.717) is 12.3 Å². The molecule has 0 spiro atoms. The van der Waals surface area contributed by atoms with Crippen molar-refractivity contribution in [2.75, 3.05) is 18.9 Å². The maximum atomic E-state index is 13.5. The molecule has 1 aliphatic heterocycles. The number of nitrogens with two attached hydrogens (primary N) is 1. The second-order valence-electron chi connectivity index (χ2n) is 4.10. The van der Waals surface area contributed by atoms with E-state index < -0.39 is 5.82 Å². The van der Waals surface area contributed by atoms with Gasteiger partial charge < -0.3 is 15.2 Å². The Morgan fingerprint density at radius 1 is 1.50 bits per heavy atom. The molecular formula is C12H16FNO2. The van der Waals surface area contributed by atoms with Crippen LogP contribution in [0.2, 0.25) is 0 Å². The molecule has 0 aromatic heterocycles. The quantitative estimate of drug-likeness (QED) is 0.785. The lowest BCUT2D eigenvalue weighted by atomic mass is 10.1. The van der Waals surface area contributed by atoms with Gasteiger partial charge in [0.15, 0.2) is 11.6 Å². The molecule has 0 bridgehead atoms. The summed E-state index contributed by atoms with van der Waals surface area (Å²) in [5.74, 6) is -0.143. The Labute approximate surface area is 94.3 Å². The SMILES string of the molecule is Cc1cc(OC2CCCOC2)c(F)cc1N. The van der Waals surface area contributed by atoms with Gasteiger partial charge in [0.05, 0.1) is 6.61 Å². The predicted molar refractivity (Wildman–Crippen MR) is 60.0 cm³/mol. The fourth-order valence-corrected chi connectivity index (χ4v) is 1.74. The monoisotopic (exact) mass is 225 g/mol. The van der Waals surface area contributed by atoms with Gasteiger partial charge in [0, 0.05) is 18.4 Å². The Balaban J connectivity index is 2.11. The average molecular weight is 225 g/mol. The second-order valence-corrected chi connectivity index (χ2v) is 4.10. The summed E-state index contributed by atoms with van der Waals surface area (Å²) in [6, 6.07) is 2.94. The Morgan fingerprint density at radius 2 is 2.31 bits per heavy atom. The van der Waals surface area contributed by atoms with Gasteiger partial charge >= 0.3 is 0 Å². The smallest absolute Gasteiger partial charge is 0.167 e. The molecule has 2 rings (SSSR count). The molecule has 1 aromatic carbocycles. The summed E-state index contributed by atoms with van der Waals surface area (Å²) >= 11 is 0. The van der Waals surface area contributed by atoms with Gasteiger partial charge in [-0.3, -0.25) is 0 Å². The first-order valence-corrected chi connectivity index (χ1v) is 5.47. The zero-order valence-electron chi connectivity index (χ0n) is 9.33. The molecule has 2 N–H and O–H groups in total. The van der Waals surface area contributed by atoms with Crippen LogP contribution in [0.5, 0.6) is 5.75 Å². The molecule has 0 saturated carbocycles.